The number of nitrogens with zero attached hydrogens (tertiary/aromatic N) is 7. The molecule has 4 N–H and O–H groups in total. The number of aryl methyl sites for hydroxylation is 2. The van der Waals surface area contributed by atoms with E-state index in [0.717, 1.165) is 11.4 Å². The van der Waals surface area contributed by atoms with E-state index in [1.54, 1.807) is 11.5 Å². The number of halogens is 1. The maximum atomic E-state index is 12.8. The van der Waals surface area contributed by atoms with Crippen LogP contribution in [0.1, 0.15) is 31.4 Å². The highest BCUT2D eigenvalue weighted by Gasteiger charge is 2.22. The van der Waals surface area contributed by atoms with E-state index in [2.05, 4.69) is 40.5 Å². The summed E-state index contributed by atoms with van der Waals surface area (Å²) in [5, 5.41) is 15.8. The van der Waals surface area contributed by atoms with E-state index < -0.39 is 5.91 Å². The van der Waals surface area contributed by atoms with Crippen molar-refractivity contribution in [1.82, 2.24) is 30.4 Å². The fraction of sp³-hybridized carbons (Fsp3) is 0.240. The Morgan fingerprint density at radius 1 is 0.975 bits per heavy atom. The molecule has 4 aromatic rings. The molecule has 2 amide bonds. The van der Waals surface area contributed by atoms with Gasteiger partial charge in [0.1, 0.15) is 22.3 Å². The zero-order chi connectivity index (χ0) is 28.2. The Kier molecular flexibility index (Phi) is 8.00. The second-order valence-electron chi connectivity index (χ2n) is 8.89. The van der Waals surface area contributed by atoms with Crippen LogP contribution in [0.25, 0.3) is 0 Å². The first-order chi connectivity index (χ1) is 19.3. The second kappa shape index (κ2) is 11.8. The summed E-state index contributed by atoms with van der Waals surface area (Å²) in [6.07, 6.45) is 4.25. The Bertz CT molecular complexity index is 1520. The van der Waals surface area contributed by atoms with E-state index in [4.69, 9.17) is 16.8 Å². The van der Waals surface area contributed by atoms with Crippen LogP contribution in [-0.4, -0.2) is 68.1 Å². The number of benzene rings is 1. The third-order valence-electron chi connectivity index (χ3n) is 6.14. The number of para-hydroxylation sites is 1. The molecule has 206 valence electrons. The van der Waals surface area contributed by atoms with E-state index in [1.807, 2.05) is 36.9 Å². The molecule has 1 aliphatic heterocycles. The molecule has 1 fully saturated rings. The van der Waals surface area contributed by atoms with Crippen LogP contribution in [0.4, 0.5) is 28.4 Å². The Hall–Kier alpha value is -4.40. The molecule has 13 nitrogen and oxygen atoms in total. The molecule has 0 saturated carbocycles. The van der Waals surface area contributed by atoms with Crippen molar-refractivity contribution in [1.29, 1.82) is 0 Å². The summed E-state index contributed by atoms with van der Waals surface area (Å²) in [5.41, 5.74) is 3.18. The highest BCUT2D eigenvalue weighted by molar-refractivity contribution is 7.17. The van der Waals surface area contributed by atoms with E-state index in [0.29, 0.717) is 64.5 Å². The maximum absolute atomic E-state index is 12.8. The van der Waals surface area contributed by atoms with Crippen molar-refractivity contribution in [3.05, 3.63) is 69.7 Å². The van der Waals surface area contributed by atoms with Crippen LogP contribution >= 0.6 is 22.9 Å². The molecule has 40 heavy (non-hydrogen) atoms. The van der Waals surface area contributed by atoms with Crippen molar-refractivity contribution in [2.75, 3.05) is 46.6 Å². The number of anilines is 5. The van der Waals surface area contributed by atoms with Gasteiger partial charge in [-0.25, -0.2) is 30.4 Å². The maximum Gasteiger partial charge on any atom is 0.277 e. The minimum atomic E-state index is -0.663. The summed E-state index contributed by atoms with van der Waals surface area (Å²) < 4.78 is 0. The van der Waals surface area contributed by atoms with E-state index >= 15 is 0 Å². The predicted octanol–water partition coefficient (Wildman–Crippen LogP) is 3.43. The van der Waals surface area contributed by atoms with Crippen molar-refractivity contribution in [2.45, 2.75) is 13.8 Å². The van der Waals surface area contributed by atoms with Crippen LogP contribution in [0.3, 0.4) is 0 Å². The van der Waals surface area contributed by atoms with Crippen molar-refractivity contribution in [3.8, 4) is 0 Å². The molecule has 1 aromatic carbocycles. The Morgan fingerprint density at radius 3 is 2.40 bits per heavy atom. The molecule has 0 bridgehead atoms. The molecule has 1 saturated heterocycles. The number of carbonyl (C=O) groups excluding carboxylic acids is 2. The number of nitrogens with one attached hydrogen (secondary N) is 3. The molecule has 4 heterocycles. The van der Waals surface area contributed by atoms with Crippen molar-refractivity contribution in [3.63, 3.8) is 0 Å². The average Bonchev–Trinajstić information content (AvgIpc) is 3.43. The molecule has 0 aliphatic carbocycles. The number of amides is 2. The number of piperazine rings is 1. The molecule has 15 heteroatoms. The lowest BCUT2D eigenvalue weighted by Crippen LogP contribution is -2.47. The summed E-state index contributed by atoms with van der Waals surface area (Å²) >= 11 is 7.45. The van der Waals surface area contributed by atoms with Gasteiger partial charge in [0.25, 0.3) is 11.8 Å². The molecule has 3 aromatic heterocycles. The fourth-order valence-corrected chi connectivity index (χ4v) is 5.08. The lowest BCUT2D eigenvalue weighted by Gasteiger charge is -2.35. The summed E-state index contributed by atoms with van der Waals surface area (Å²) in [6, 6.07) is 7.28. The van der Waals surface area contributed by atoms with E-state index in [9.17, 15) is 9.59 Å². The molecule has 0 radical (unpaired) electrons. The van der Waals surface area contributed by atoms with Gasteiger partial charge in [-0.3, -0.25) is 14.8 Å². The average molecular weight is 581 g/mol. The van der Waals surface area contributed by atoms with Gasteiger partial charge < -0.3 is 20.4 Å². The van der Waals surface area contributed by atoms with Gasteiger partial charge in [0, 0.05) is 44.6 Å². The number of thiazole rings is 1. The summed E-state index contributed by atoms with van der Waals surface area (Å²) in [6.45, 7) is 6.32. The third-order valence-corrected chi connectivity index (χ3v) is 7.36. The van der Waals surface area contributed by atoms with Gasteiger partial charge in [-0.05, 0) is 25.5 Å². The summed E-state index contributed by atoms with van der Waals surface area (Å²) in [4.78, 5) is 50.7. The first-order valence-electron chi connectivity index (χ1n) is 12.2. The molecule has 5 rings (SSSR count). The van der Waals surface area contributed by atoms with Gasteiger partial charge in [-0.1, -0.05) is 35.1 Å². The van der Waals surface area contributed by atoms with E-state index in [-0.39, 0.29) is 11.5 Å². The van der Waals surface area contributed by atoms with Crippen LogP contribution in [0, 0.1) is 13.8 Å². The lowest BCUT2D eigenvalue weighted by atomic mass is 10.2. The SMILES string of the molecule is Cc1nc(Nc2ncc(C(=O)Nc3c(C)cccc3Cl)s2)cc(N2CCN(c3ncc(C(=O)NO)cn3)CC2)n1. The smallest absolute Gasteiger partial charge is 0.277 e. The van der Waals surface area contributed by atoms with Gasteiger partial charge >= 0.3 is 0 Å². The fourth-order valence-electron chi connectivity index (χ4n) is 4.09. The molecular formula is C25H25ClN10O3S. The summed E-state index contributed by atoms with van der Waals surface area (Å²) in [5.74, 6) is 1.46. The van der Waals surface area contributed by atoms with Gasteiger partial charge in [0.2, 0.25) is 5.95 Å². The largest absolute Gasteiger partial charge is 0.353 e. The van der Waals surface area contributed by atoms with Crippen LogP contribution in [0.5, 0.6) is 0 Å². The van der Waals surface area contributed by atoms with Crippen molar-refractivity contribution in [2.24, 2.45) is 0 Å². The first-order valence-corrected chi connectivity index (χ1v) is 13.4. The molecule has 1 aliphatic rings. The summed E-state index contributed by atoms with van der Waals surface area (Å²) in [7, 11) is 0. The molecule has 0 unspecified atom stereocenters. The Morgan fingerprint density at radius 2 is 1.70 bits per heavy atom. The standard InChI is InChI=1S/C25H25ClN10O3S/c1-14-4-3-5-17(26)21(14)33-23(38)18-13-29-25(40-18)32-19-10-20(31-15(2)30-19)35-6-8-36(9-7-35)24-27-11-16(12-28-24)22(37)34-39/h3-5,10-13,39H,6-9H2,1-2H3,(H,33,38)(H,34,37)(H,29,30,31,32). The monoisotopic (exact) mass is 580 g/mol. The number of hydrogen-bond acceptors (Lipinski definition) is 12. The molecule has 0 spiro atoms. The quantitative estimate of drug-likeness (QED) is 0.187. The highest BCUT2D eigenvalue weighted by atomic mass is 35.5. The number of rotatable bonds is 7. The lowest BCUT2D eigenvalue weighted by molar-refractivity contribution is 0.0705. The van der Waals surface area contributed by atoms with Crippen LogP contribution in [-0.2, 0) is 0 Å². The number of carbonyl (C=O) groups is 2. The van der Waals surface area contributed by atoms with Gasteiger partial charge in [-0.2, -0.15) is 0 Å². The molecule has 0 atom stereocenters. The molecular weight excluding hydrogens is 556 g/mol. The van der Waals surface area contributed by atoms with Crippen LogP contribution < -0.4 is 25.9 Å². The number of hydroxylamine groups is 1. The van der Waals surface area contributed by atoms with Crippen molar-refractivity contribution < 1.29 is 14.8 Å². The topological polar surface area (TPSA) is 161 Å². The minimum absolute atomic E-state index is 0.171. The first kappa shape index (κ1) is 27.2. The Labute approximate surface area is 238 Å². The normalized spacial score (nSPS) is 13.2. The van der Waals surface area contributed by atoms with Gasteiger partial charge in [0.05, 0.1) is 22.5 Å². The third kappa shape index (κ3) is 6.09. The van der Waals surface area contributed by atoms with Crippen LogP contribution in [0.15, 0.2) is 42.9 Å². The van der Waals surface area contributed by atoms with Crippen molar-refractivity contribution >= 4 is 63.2 Å². The van der Waals surface area contributed by atoms with Gasteiger partial charge in [0.15, 0.2) is 5.13 Å². The zero-order valence-electron chi connectivity index (χ0n) is 21.6. The number of aromatic nitrogens is 5. The highest BCUT2D eigenvalue weighted by Crippen LogP contribution is 2.28. The van der Waals surface area contributed by atoms with Crippen LogP contribution in [0.2, 0.25) is 5.02 Å². The van der Waals surface area contributed by atoms with Gasteiger partial charge in [-0.15, -0.1) is 0 Å². The van der Waals surface area contributed by atoms with E-state index in [1.165, 1.54) is 29.9 Å². The Balaban J connectivity index is 1.22. The number of hydrogen-bond donors (Lipinski definition) is 4. The minimum Gasteiger partial charge on any atom is -0.353 e. The second-order valence-corrected chi connectivity index (χ2v) is 10.3. The predicted molar refractivity (Wildman–Crippen MR) is 152 cm³/mol. The zero-order valence-corrected chi connectivity index (χ0v) is 23.1.